The van der Waals surface area contributed by atoms with E-state index in [-0.39, 0.29) is 72.3 Å². The number of piperidine rings is 2. The molecule has 0 aromatic heterocycles. The molecule has 0 saturated carbocycles. The molecule has 294 valence electrons. The number of rotatable bonds is 7. The molecule has 3 aromatic rings. The Morgan fingerprint density at radius 1 is 0.833 bits per heavy atom. The lowest BCUT2D eigenvalue weighted by atomic mass is 9.97. The SMILES string of the molecule is C.C.CCN(C)C(=O)N1CCC[C@H](C(=O)Nc2ccc(Cl)c(F)c2)C1.O=C(Nc1ccc(Cl)c(F)c1)[C@H]1CCCN(C(=O)Oc2ccc([N+](=O)[O-])cc2)C1. The van der Waals surface area contributed by atoms with Crippen molar-refractivity contribution in [1.29, 1.82) is 0 Å². The zero-order valence-corrected chi connectivity index (χ0v) is 30.0. The van der Waals surface area contributed by atoms with Gasteiger partial charge in [-0.2, -0.15) is 0 Å². The van der Waals surface area contributed by atoms with Crippen LogP contribution in [0.15, 0.2) is 60.7 Å². The first-order valence-corrected chi connectivity index (χ1v) is 17.2. The predicted molar refractivity (Wildman–Crippen MR) is 205 cm³/mol. The van der Waals surface area contributed by atoms with Gasteiger partial charge in [0, 0.05) is 63.3 Å². The Kier molecular flexibility index (Phi) is 17.6. The number of likely N-dealkylation sites (tertiary alicyclic amines) is 2. The third-order valence-electron chi connectivity index (χ3n) is 8.54. The van der Waals surface area contributed by atoms with Crippen molar-refractivity contribution in [3.05, 3.63) is 92.5 Å². The largest absolute Gasteiger partial charge is 0.415 e. The van der Waals surface area contributed by atoms with Crippen molar-refractivity contribution in [2.24, 2.45) is 11.8 Å². The van der Waals surface area contributed by atoms with Crippen LogP contribution >= 0.6 is 23.2 Å². The first-order chi connectivity index (χ1) is 24.7. The van der Waals surface area contributed by atoms with Gasteiger partial charge in [-0.1, -0.05) is 38.1 Å². The number of nitrogens with zero attached hydrogens (tertiary/aromatic N) is 4. The molecule has 5 amide bonds. The second kappa shape index (κ2) is 21.0. The molecule has 2 aliphatic heterocycles. The van der Waals surface area contributed by atoms with Crippen LogP contribution in [-0.2, 0) is 9.59 Å². The Labute approximate surface area is 323 Å². The van der Waals surface area contributed by atoms with Crippen LogP contribution in [0.5, 0.6) is 5.75 Å². The molecule has 3 aromatic carbocycles. The van der Waals surface area contributed by atoms with Crippen LogP contribution in [0.1, 0.15) is 47.5 Å². The van der Waals surface area contributed by atoms with Gasteiger partial charge in [-0.3, -0.25) is 19.7 Å². The first kappa shape index (κ1) is 45.1. The molecule has 0 unspecified atom stereocenters. The zero-order chi connectivity index (χ0) is 37.9. The first-order valence-electron chi connectivity index (χ1n) is 16.5. The van der Waals surface area contributed by atoms with E-state index in [1.165, 1.54) is 53.4 Å². The molecule has 0 aliphatic carbocycles. The van der Waals surface area contributed by atoms with Gasteiger partial charge >= 0.3 is 12.1 Å². The fourth-order valence-corrected chi connectivity index (χ4v) is 5.77. The van der Waals surface area contributed by atoms with E-state index < -0.39 is 28.6 Å². The van der Waals surface area contributed by atoms with E-state index in [0.29, 0.717) is 51.1 Å². The predicted octanol–water partition coefficient (Wildman–Crippen LogP) is 8.71. The standard InChI is InChI=1S/C19H17ClFN3O5.C16H21ClFN3O2.2CH4/c20-16-8-3-13(10-17(16)21)22-18(25)12-2-1-9-23(11-12)19(26)29-15-6-4-14(5-7-15)24(27)28;1-3-20(2)16(23)21-8-4-5-11(10-21)15(22)19-12-6-7-13(17)14(18)9-12;;/h3-8,10,12H,1-2,9,11H2,(H,22,25);6-7,9,11H,3-5,8,10H2,1-2H3,(H,19,22);2*1H4/t12-;11-;;/m00../s1. The van der Waals surface area contributed by atoms with E-state index in [1.807, 2.05) is 6.92 Å². The van der Waals surface area contributed by atoms with Crippen molar-refractivity contribution in [3.8, 4) is 5.75 Å². The molecule has 2 fully saturated rings. The van der Waals surface area contributed by atoms with Crippen molar-refractivity contribution in [1.82, 2.24) is 14.7 Å². The molecule has 2 saturated heterocycles. The maximum atomic E-state index is 13.5. The highest BCUT2D eigenvalue weighted by Crippen LogP contribution is 2.25. The Hall–Kier alpha value is -5.02. The van der Waals surface area contributed by atoms with Gasteiger partial charge in [-0.05, 0) is 81.1 Å². The van der Waals surface area contributed by atoms with Crippen molar-refractivity contribution < 1.29 is 37.6 Å². The van der Waals surface area contributed by atoms with Crippen LogP contribution in [0.4, 0.5) is 35.4 Å². The number of benzene rings is 3. The third-order valence-corrected chi connectivity index (χ3v) is 9.15. The minimum absolute atomic E-state index is 0. The minimum atomic E-state index is -0.645. The van der Waals surface area contributed by atoms with Gasteiger partial charge in [-0.15, -0.1) is 0 Å². The fraction of sp³-hybridized carbons (Fsp3) is 0.405. The van der Waals surface area contributed by atoms with Crippen molar-refractivity contribution in [2.75, 3.05) is 50.4 Å². The van der Waals surface area contributed by atoms with Crippen molar-refractivity contribution in [3.63, 3.8) is 0 Å². The van der Waals surface area contributed by atoms with Gasteiger partial charge in [-0.25, -0.2) is 18.4 Å². The number of anilines is 2. The summed E-state index contributed by atoms with van der Waals surface area (Å²) >= 11 is 11.3. The summed E-state index contributed by atoms with van der Waals surface area (Å²) < 4.78 is 32.2. The quantitative estimate of drug-likeness (QED) is 0.179. The number of non-ortho nitro benzene ring substituents is 1. The number of nitro groups is 1. The van der Waals surface area contributed by atoms with E-state index in [2.05, 4.69) is 10.6 Å². The normalized spacial score (nSPS) is 16.3. The number of hydrogen-bond acceptors (Lipinski definition) is 7. The summed E-state index contributed by atoms with van der Waals surface area (Å²) in [5.41, 5.74) is 0.534. The second-order valence-corrected chi connectivity index (χ2v) is 13.0. The van der Waals surface area contributed by atoms with Gasteiger partial charge in [0.15, 0.2) is 0 Å². The molecule has 0 spiro atoms. The average molecular weight is 796 g/mol. The summed E-state index contributed by atoms with van der Waals surface area (Å²) in [5.74, 6) is -2.36. The average Bonchev–Trinajstić information content (AvgIpc) is 3.14. The summed E-state index contributed by atoms with van der Waals surface area (Å²) in [6.45, 7) is 4.13. The van der Waals surface area contributed by atoms with Crippen molar-refractivity contribution in [2.45, 2.75) is 47.5 Å². The highest BCUT2D eigenvalue weighted by atomic mass is 35.5. The van der Waals surface area contributed by atoms with E-state index in [1.54, 1.807) is 22.9 Å². The fourth-order valence-electron chi connectivity index (χ4n) is 5.54. The number of halogens is 4. The van der Waals surface area contributed by atoms with Crippen LogP contribution in [0.3, 0.4) is 0 Å². The van der Waals surface area contributed by atoms with Crippen molar-refractivity contribution >= 4 is 64.2 Å². The van der Waals surface area contributed by atoms with Crippen LogP contribution in [0.2, 0.25) is 10.0 Å². The molecule has 54 heavy (non-hydrogen) atoms. The number of carbonyl (C=O) groups is 4. The minimum Gasteiger partial charge on any atom is -0.410 e. The van der Waals surface area contributed by atoms with Gasteiger partial charge in [0.25, 0.3) is 5.69 Å². The van der Waals surface area contributed by atoms with Gasteiger partial charge in [0.05, 0.1) is 26.8 Å². The summed E-state index contributed by atoms with van der Waals surface area (Å²) in [5, 5.41) is 16.0. The summed E-state index contributed by atoms with van der Waals surface area (Å²) in [4.78, 5) is 64.2. The Morgan fingerprint density at radius 3 is 1.74 bits per heavy atom. The highest BCUT2D eigenvalue weighted by molar-refractivity contribution is 6.31. The van der Waals surface area contributed by atoms with E-state index in [9.17, 15) is 38.1 Å². The third kappa shape index (κ3) is 12.5. The molecule has 2 heterocycles. The number of urea groups is 1. The summed E-state index contributed by atoms with van der Waals surface area (Å²) in [6, 6.07) is 13.2. The van der Waals surface area contributed by atoms with Gasteiger partial charge in [0.2, 0.25) is 11.8 Å². The molecular weight excluding hydrogens is 749 g/mol. The molecule has 0 bridgehead atoms. The maximum Gasteiger partial charge on any atom is 0.415 e. The lowest BCUT2D eigenvalue weighted by Gasteiger charge is -2.34. The Balaban J connectivity index is 0.000000369. The molecule has 2 N–H and O–H groups in total. The number of nitro benzene ring substituents is 1. The van der Waals surface area contributed by atoms with Crippen LogP contribution < -0.4 is 15.4 Å². The molecule has 0 radical (unpaired) electrons. The molecule has 2 atom stereocenters. The number of ether oxygens (including phenoxy) is 1. The highest BCUT2D eigenvalue weighted by Gasteiger charge is 2.31. The van der Waals surface area contributed by atoms with Crippen LogP contribution in [0.25, 0.3) is 0 Å². The van der Waals surface area contributed by atoms with Gasteiger partial charge in [0.1, 0.15) is 17.4 Å². The number of hydrogen-bond donors (Lipinski definition) is 2. The molecule has 17 heteroatoms. The van der Waals surface area contributed by atoms with Crippen LogP contribution in [0, 0.1) is 33.6 Å². The Morgan fingerprint density at radius 2 is 1.30 bits per heavy atom. The van der Waals surface area contributed by atoms with E-state index in [4.69, 9.17) is 27.9 Å². The maximum absolute atomic E-state index is 13.5. The van der Waals surface area contributed by atoms with Crippen LogP contribution in [-0.4, -0.2) is 83.3 Å². The van der Waals surface area contributed by atoms with E-state index >= 15 is 0 Å². The number of amides is 5. The molecule has 2 aliphatic rings. The zero-order valence-electron chi connectivity index (χ0n) is 28.5. The smallest absolute Gasteiger partial charge is 0.410 e. The summed E-state index contributed by atoms with van der Waals surface area (Å²) in [7, 11) is 1.74. The molecular formula is C37H46Cl2F2N6O7. The topological polar surface area (TPSA) is 154 Å². The van der Waals surface area contributed by atoms with Gasteiger partial charge < -0.3 is 30.1 Å². The second-order valence-electron chi connectivity index (χ2n) is 12.2. The number of nitrogens with one attached hydrogen (secondary N) is 2. The van der Waals surface area contributed by atoms with E-state index in [0.717, 1.165) is 12.5 Å². The lowest BCUT2D eigenvalue weighted by molar-refractivity contribution is -0.384. The lowest BCUT2D eigenvalue weighted by Crippen LogP contribution is -2.48. The Bertz CT molecular complexity index is 1790. The molecule has 13 nitrogen and oxygen atoms in total. The molecule has 5 rings (SSSR count). The monoisotopic (exact) mass is 794 g/mol. The number of carbonyl (C=O) groups excluding carboxylic acids is 4. The summed E-state index contributed by atoms with van der Waals surface area (Å²) in [6.07, 6.45) is 2.01.